The van der Waals surface area contributed by atoms with Crippen molar-refractivity contribution < 1.29 is 9.53 Å². The Hall–Kier alpha value is -1.77. The molecule has 0 saturated carbocycles. The number of ketones is 1. The quantitative estimate of drug-likeness (QED) is 0.823. The Morgan fingerprint density at radius 2 is 2.16 bits per heavy atom. The molecule has 1 aromatic carbocycles. The number of carbonyl (C=O) groups is 1. The highest BCUT2D eigenvalue weighted by atomic mass is 16.5. The van der Waals surface area contributed by atoms with Crippen LogP contribution in [0.3, 0.4) is 0 Å². The Morgan fingerprint density at radius 1 is 1.21 bits per heavy atom. The van der Waals surface area contributed by atoms with Crippen LogP contribution in [0.5, 0.6) is 5.75 Å². The van der Waals surface area contributed by atoms with Crippen molar-refractivity contribution in [3.8, 4) is 5.75 Å². The lowest BCUT2D eigenvalue weighted by atomic mass is 9.98. The molecule has 0 fully saturated rings. The van der Waals surface area contributed by atoms with E-state index in [0.29, 0.717) is 12.2 Å². The summed E-state index contributed by atoms with van der Waals surface area (Å²) in [6.07, 6.45) is 7.57. The molecule has 0 aromatic heterocycles. The van der Waals surface area contributed by atoms with Gasteiger partial charge in [-0.05, 0) is 43.4 Å². The third-order valence-corrected chi connectivity index (χ3v) is 3.76. The van der Waals surface area contributed by atoms with Crippen LogP contribution in [0.2, 0.25) is 0 Å². The van der Waals surface area contributed by atoms with Gasteiger partial charge in [-0.3, -0.25) is 4.79 Å². The Morgan fingerprint density at radius 3 is 3.11 bits per heavy atom. The summed E-state index contributed by atoms with van der Waals surface area (Å²) < 4.78 is 5.69. The molecule has 100 valence electrons. The van der Waals surface area contributed by atoms with Gasteiger partial charge in [0.15, 0.2) is 11.5 Å². The van der Waals surface area contributed by atoms with Gasteiger partial charge < -0.3 is 10.1 Å². The van der Waals surface area contributed by atoms with Gasteiger partial charge in [0.2, 0.25) is 0 Å². The van der Waals surface area contributed by atoms with Gasteiger partial charge in [-0.1, -0.05) is 18.6 Å². The molecule has 2 aliphatic rings. The van der Waals surface area contributed by atoms with Crippen molar-refractivity contribution in [3.63, 3.8) is 0 Å². The number of Topliss-reactive ketones (excluding diaryl/α,β-unsaturated/α-hetero) is 1. The van der Waals surface area contributed by atoms with E-state index in [2.05, 4.69) is 11.4 Å². The summed E-state index contributed by atoms with van der Waals surface area (Å²) in [7, 11) is 0. The number of ether oxygens (including phenoxy) is 1. The molecular weight excluding hydrogens is 238 g/mol. The van der Waals surface area contributed by atoms with Crippen LogP contribution in [0.25, 0.3) is 0 Å². The highest BCUT2D eigenvalue weighted by molar-refractivity contribution is 6.11. The maximum Gasteiger partial charge on any atom is 0.192 e. The molecule has 1 aliphatic heterocycles. The predicted molar refractivity (Wildman–Crippen MR) is 75.9 cm³/mol. The van der Waals surface area contributed by atoms with Crippen molar-refractivity contribution in [1.29, 1.82) is 0 Å². The zero-order valence-electron chi connectivity index (χ0n) is 11.1. The molecule has 0 spiro atoms. The van der Waals surface area contributed by atoms with Gasteiger partial charge >= 0.3 is 0 Å². The molecule has 0 amide bonds. The first-order valence-electron chi connectivity index (χ1n) is 7.09. The lowest BCUT2D eigenvalue weighted by Crippen LogP contribution is -2.20. The SMILES string of the molecule is O=C(C1=CCCCCC1)c1cccc2c1OCCN2. The molecular formula is C16H19NO2. The molecule has 1 aromatic rings. The van der Waals surface area contributed by atoms with E-state index in [9.17, 15) is 4.79 Å². The third-order valence-electron chi connectivity index (χ3n) is 3.76. The fourth-order valence-electron chi connectivity index (χ4n) is 2.74. The van der Waals surface area contributed by atoms with Crippen LogP contribution < -0.4 is 10.1 Å². The topological polar surface area (TPSA) is 38.3 Å². The number of fused-ring (bicyclic) bond motifs is 1. The summed E-state index contributed by atoms with van der Waals surface area (Å²) in [5.74, 6) is 0.867. The number of hydrogen-bond acceptors (Lipinski definition) is 3. The minimum absolute atomic E-state index is 0.141. The zero-order chi connectivity index (χ0) is 13.1. The van der Waals surface area contributed by atoms with E-state index in [1.54, 1.807) is 0 Å². The first-order chi connectivity index (χ1) is 9.36. The van der Waals surface area contributed by atoms with Crippen molar-refractivity contribution >= 4 is 11.5 Å². The van der Waals surface area contributed by atoms with E-state index in [0.717, 1.165) is 42.8 Å². The minimum atomic E-state index is 0.141. The molecule has 0 bridgehead atoms. The molecule has 3 nitrogen and oxygen atoms in total. The summed E-state index contributed by atoms with van der Waals surface area (Å²) in [6, 6.07) is 5.76. The van der Waals surface area contributed by atoms with Crippen molar-refractivity contribution in [2.24, 2.45) is 0 Å². The average Bonchev–Trinajstić information content (AvgIpc) is 2.75. The smallest absolute Gasteiger partial charge is 0.192 e. The molecule has 0 unspecified atom stereocenters. The van der Waals surface area contributed by atoms with Crippen LogP contribution in [0.15, 0.2) is 29.8 Å². The highest BCUT2D eigenvalue weighted by Gasteiger charge is 2.21. The monoisotopic (exact) mass is 257 g/mol. The molecule has 1 N–H and O–H groups in total. The number of anilines is 1. The van der Waals surface area contributed by atoms with Crippen molar-refractivity contribution in [2.75, 3.05) is 18.5 Å². The van der Waals surface area contributed by atoms with Crippen LogP contribution in [0.1, 0.15) is 42.5 Å². The van der Waals surface area contributed by atoms with Gasteiger partial charge in [-0.25, -0.2) is 0 Å². The zero-order valence-corrected chi connectivity index (χ0v) is 11.1. The second-order valence-electron chi connectivity index (χ2n) is 5.12. The van der Waals surface area contributed by atoms with E-state index >= 15 is 0 Å². The first-order valence-corrected chi connectivity index (χ1v) is 7.09. The van der Waals surface area contributed by atoms with E-state index < -0.39 is 0 Å². The maximum absolute atomic E-state index is 12.6. The Kier molecular flexibility index (Phi) is 3.53. The summed E-state index contributed by atoms with van der Waals surface area (Å²) >= 11 is 0. The highest BCUT2D eigenvalue weighted by Crippen LogP contribution is 2.33. The predicted octanol–water partition coefficient (Wildman–Crippen LogP) is 3.56. The van der Waals surface area contributed by atoms with Crippen LogP contribution >= 0.6 is 0 Å². The largest absolute Gasteiger partial charge is 0.489 e. The summed E-state index contributed by atoms with van der Waals surface area (Å²) in [5.41, 5.74) is 2.60. The number of para-hydroxylation sites is 1. The average molecular weight is 257 g/mol. The second kappa shape index (κ2) is 5.47. The van der Waals surface area contributed by atoms with Gasteiger partial charge in [0.1, 0.15) is 6.61 Å². The fourth-order valence-corrected chi connectivity index (χ4v) is 2.74. The van der Waals surface area contributed by atoms with Gasteiger partial charge in [0.25, 0.3) is 0 Å². The van der Waals surface area contributed by atoms with Crippen molar-refractivity contribution in [3.05, 3.63) is 35.4 Å². The van der Waals surface area contributed by atoms with E-state index in [1.165, 1.54) is 12.8 Å². The number of hydrogen-bond donors (Lipinski definition) is 1. The summed E-state index contributed by atoms with van der Waals surface area (Å²) in [6.45, 7) is 1.42. The van der Waals surface area contributed by atoms with Crippen molar-refractivity contribution in [1.82, 2.24) is 0 Å². The van der Waals surface area contributed by atoms with Crippen LogP contribution in [0, 0.1) is 0 Å². The summed E-state index contributed by atoms with van der Waals surface area (Å²) in [4.78, 5) is 12.6. The second-order valence-corrected chi connectivity index (χ2v) is 5.12. The lowest BCUT2D eigenvalue weighted by Gasteiger charge is -2.21. The number of rotatable bonds is 2. The Bertz CT molecular complexity index is 519. The fraction of sp³-hybridized carbons (Fsp3) is 0.438. The minimum Gasteiger partial charge on any atom is -0.489 e. The standard InChI is InChI=1S/C16H19NO2/c18-15(12-6-3-1-2-4-7-12)13-8-5-9-14-16(13)19-11-10-17-14/h5-6,8-9,17H,1-4,7,10-11H2. The van der Waals surface area contributed by atoms with Gasteiger partial charge in [0, 0.05) is 6.54 Å². The molecule has 1 aliphatic carbocycles. The third kappa shape index (κ3) is 2.50. The molecule has 19 heavy (non-hydrogen) atoms. The molecule has 3 rings (SSSR count). The Labute approximate surface area is 113 Å². The van der Waals surface area contributed by atoms with Gasteiger partial charge in [-0.2, -0.15) is 0 Å². The normalized spacial score (nSPS) is 18.4. The number of nitrogens with one attached hydrogen (secondary N) is 1. The molecule has 3 heteroatoms. The van der Waals surface area contributed by atoms with Gasteiger partial charge in [-0.15, -0.1) is 0 Å². The molecule has 1 heterocycles. The van der Waals surface area contributed by atoms with Gasteiger partial charge in [0.05, 0.1) is 11.3 Å². The molecule has 0 saturated heterocycles. The van der Waals surface area contributed by atoms with E-state index in [4.69, 9.17) is 4.74 Å². The van der Waals surface area contributed by atoms with Crippen LogP contribution in [-0.4, -0.2) is 18.9 Å². The van der Waals surface area contributed by atoms with Crippen LogP contribution in [0.4, 0.5) is 5.69 Å². The summed E-state index contributed by atoms with van der Waals surface area (Å²) in [5, 5.41) is 3.28. The maximum atomic E-state index is 12.6. The molecule has 0 radical (unpaired) electrons. The number of allylic oxidation sites excluding steroid dienone is 2. The van der Waals surface area contributed by atoms with E-state index in [-0.39, 0.29) is 5.78 Å². The van der Waals surface area contributed by atoms with E-state index in [1.807, 2.05) is 18.2 Å². The number of benzene rings is 1. The molecule has 0 atom stereocenters. The first kappa shape index (κ1) is 12.3. The Balaban J connectivity index is 1.93. The van der Waals surface area contributed by atoms with Crippen LogP contribution in [-0.2, 0) is 0 Å². The lowest BCUT2D eigenvalue weighted by molar-refractivity contribution is 0.102. The van der Waals surface area contributed by atoms with Crippen molar-refractivity contribution in [2.45, 2.75) is 32.1 Å². The number of carbonyl (C=O) groups excluding carboxylic acids is 1.